The first-order valence-electron chi connectivity index (χ1n) is 15.2. The maximum Gasteiger partial charge on any atom is 0.307 e. The Morgan fingerprint density at radius 2 is 0.788 bits per heavy atom. The summed E-state index contributed by atoms with van der Waals surface area (Å²) in [7, 11) is 0. The third-order valence-corrected chi connectivity index (χ3v) is 16.4. The Morgan fingerprint density at radius 1 is 0.423 bits per heavy atom. The summed E-state index contributed by atoms with van der Waals surface area (Å²) in [5.74, 6) is -4.36. The van der Waals surface area contributed by atoms with Gasteiger partial charge in [-0.05, 0) is 87.6 Å². The fourth-order valence-corrected chi connectivity index (χ4v) is 13.7. The first-order chi connectivity index (χ1) is 24.9. The summed E-state index contributed by atoms with van der Waals surface area (Å²) < 4.78 is 15.8. The first kappa shape index (κ1) is 36.1. The zero-order valence-corrected chi connectivity index (χ0v) is 32.1. The van der Waals surface area contributed by atoms with Gasteiger partial charge in [0.2, 0.25) is 0 Å². The molecular weight excluding hydrogens is 804 g/mol. The molecule has 0 spiro atoms. The van der Waals surface area contributed by atoms with Crippen molar-refractivity contribution >= 4 is 103 Å². The number of carbonyl (C=O) groups is 4. The van der Waals surface area contributed by atoms with Crippen LogP contribution in [0.5, 0.6) is 0 Å². The highest BCUT2D eigenvalue weighted by Crippen LogP contribution is 2.50. The van der Waals surface area contributed by atoms with Gasteiger partial charge in [0.1, 0.15) is 5.82 Å². The van der Waals surface area contributed by atoms with Crippen LogP contribution in [0.15, 0.2) is 65.4 Å². The number of carboxylic acid groups (broad SMARTS) is 4. The van der Waals surface area contributed by atoms with Crippen molar-refractivity contribution in [3.05, 3.63) is 93.4 Å². The summed E-state index contributed by atoms with van der Waals surface area (Å²) in [5, 5.41) is 41.7. The molecule has 52 heavy (non-hydrogen) atoms. The van der Waals surface area contributed by atoms with Gasteiger partial charge < -0.3 is 20.4 Å². The lowest BCUT2D eigenvalue weighted by Gasteiger charge is -1.99. The van der Waals surface area contributed by atoms with Crippen LogP contribution in [0, 0.1) is 5.82 Å². The van der Waals surface area contributed by atoms with E-state index >= 15 is 4.39 Å². The van der Waals surface area contributed by atoms with Crippen molar-refractivity contribution in [3.63, 3.8) is 0 Å². The fourth-order valence-electron chi connectivity index (χ4n) is 5.63. The molecule has 0 fully saturated rings. The summed E-state index contributed by atoms with van der Waals surface area (Å²) in [6.07, 6.45) is -0.709. The normalized spacial score (nSPS) is 11.3. The third-order valence-electron chi connectivity index (χ3n) is 7.74. The Hall–Kier alpha value is -4.29. The molecule has 0 atom stereocenters. The molecule has 0 aliphatic heterocycles. The van der Waals surface area contributed by atoms with E-state index in [1.54, 1.807) is 24.3 Å². The van der Waals surface area contributed by atoms with E-state index in [0.29, 0.717) is 46.6 Å². The lowest BCUT2D eigenvalue weighted by atomic mass is 10.1. The molecular formula is C36H23FO8S7. The highest BCUT2D eigenvalue weighted by molar-refractivity contribution is 7.31. The Balaban J connectivity index is 1.22. The van der Waals surface area contributed by atoms with Gasteiger partial charge in [-0.2, -0.15) is 0 Å². The minimum absolute atomic E-state index is 0.103. The van der Waals surface area contributed by atoms with Crippen molar-refractivity contribution in [1.29, 1.82) is 0 Å². The molecule has 16 heteroatoms. The van der Waals surface area contributed by atoms with E-state index in [9.17, 15) is 39.6 Å². The molecule has 0 bridgehead atoms. The lowest BCUT2D eigenvalue weighted by molar-refractivity contribution is -0.137. The van der Waals surface area contributed by atoms with Crippen LogP contribution in [0.1, 0.15) is 22.3 Å². The van der Waals surface area contributed by atoms with Crippen molar-refractivity contribution < 1.29 is 44.0 Å². The SMILES string of the molecule is O=C(O)Cc1ccsc1-c1ccc(-c2sc(-c3cc(F)c(-c4cc(CC(=O)O)c(-c5ccc(-c6sccc6CC(=O)O)s5)s4)s3)cc2CC(=O)O)s1. The van der Waals surface area contributed by atoms with Gasteiger partial charge in [-0.3, -0.25) is 19.2 Å². The molecule has 0 saturated heterocycles. The molecule has 7 heterocycles. The van der Waals surface area contributed by atoms with E-state index in [-0.39, 0.29) is 25.7 Å². The predicted octanol–water partition coefficient (Wildman–Crippen LogP) is 10.8. The van der Waals surface area contributed by atoms with Crippen LogP contribution in [-0.4, -0.2) is 44.3 Å². The van der Waals surface area contributed by atoms with Crippen LogP contribution in [0.2, 0.25) is 0 Å². The quantitative estimate of drug-likeness (QED) is 0.0847. The van der Waals surface area contributed by atoms with Crippen molar-refractivity contribution in [2.75, 3.05) is 0 Å². The molecule has 0 amide bonds. The second-order valence-electron chi connectivity index (χ2n) is 11.4. The number of halogens is 1. The molecule has 0 aliphatic carbocycles. The third kappa shape index (κ3) is 7.59. The van der Waals surface area contributed by atoms with E-state index < -0.39 is 29.7 Å². The molecule has 7 aromatic heterocycles. The highest BCUT2D eigenvalue weighted by atomic mass is 32.1. The summed E-state index contributed by atoms with van der Waals surface area (Å²) in [6.45, 7) is 0. The minimum Gasteiger partial charge on any atom is -0.481 e. The van der Waals surface area contributed by atoms with Crippen LogP contribution in [0.3, 0.4) is 0 Å². The van der Waals surface area contributed by atoms with Crippen molar-refractivity contribution in [1.82, 2.24) is 0 Å². The van der Waals surface area contributed by atoms with Gasteiger partial charge in [-0.25, -0.2) is 4.39 Å². The second kappa shape index (κ2) is 15.0. The monoisotopic (exact) mass is 826 g/mol. The standard InChI is InChI=1S/C36H23FO8S7/c37-20-15-26(25-9-18(13-30(42)43)34(50-25)23-3-1-21(48-23)32-16(5-7-46-32)11-28(38)39)51-36(20)27-10-19(14-31(44)45)35(52-27)24-4-2-22(49-24)33-17(6-8-47-33)12-29(40)41/h1-10,15H,11-14H2,(H,38,39)(H,40,41)(H,42,43)(H,44,45). The largest absolute Gasteiger partial charge is 0.481 e. The van der Waals surface area contributed by atoms with Crippen LogP contribution < -0.4 is 0 Å². The lowest BCUT2D eigenvalue weighted by Crippen LogP contribution is -1.99. The van der Waals surface area contributed by atoms with Crippen LogP contribution in [0.25, 0.3) is 58.5 Å². The molecule has 264 valence electrons. The predicted molar refractivity (Wildman–Crippen MR) is 210 cm³/mol. The molecule has 0 saturated carbocycles. The van der Waals surface area contributed by atoms with Crippen molar-refractivity contribution in [2.45, 2.75) is 25.7 Å². The summed E-state index contributed by atoms with van der Waals surface area (Å²) in [6, 6.07) is 16.0. The smallest absolute Gasteiger partial charge is 0.307 e. The molecule has 7 rings (SSSR count). The Labute approximate surface area is 322 Å². The van der Waals surface area contributed by atoms with E-state index in [2.05, 4.69) is 0 Å². The number of thiophene rings is 7. The number of hydrogen-bond donors (Lipinski definition) is 4. The molecule has 4 N–H and O–H groups in total. The van der Waals surface area contributed by atoms with Crippen LogP contribution in [-0.2, 0) is 44.9 Å². The van der Waals surface area contributed by atoms with Gasteiger partial charge in [-0.15, -0.1) is 79.4 Å². The first-order valence-corrected chi connectivity index (χ1v) is 21.0. The fraction of sp³-hybridized carbons (Fsp3) is 0.111. The molecule has 0 aromatic carbocycles. The van der Waals surface area contributed by atoms with Gasteiger partial charge >= 0.3 is 23.9 Å². The zero-order valence-electron chi connectivity index (χ0n) is 26.3. The van der Waals surface area contributed by atoms with Gasteiger partial charge in [0.05, 0.1) is 30.6 Å². The molecule has 0 aliphatic rings. The Kier molecular flexibility index (Phi) is 10.4. The summed E-state index contributed by atoms with van der Waals surface area (Å²) in [4.78, 5) is 55.2. The number of rotatable bonds is 14. The van der Waals surface area contributed by atoms with Gasteiger partial charge in [0.15, 0.2) is 0 Å². The molecule has 8 nitrogen and oxygen atoms in total. The maximum absolute atomic E-state index is 15.8. The second-order valence-corrected chi connectivity index (χ2v) is 18.5. The summed E-state index contributed by atoms with van der Waals surface area (Å²) >= 11 is 9.62. The number of hydrogen-bond acceptors (Lipinski definition) is 11. The topological polar surface area (TPSA) is 149 Å². The number of carboxylic acids is 4. The average Bonchev–Trinajstić information content (AvgIpc) is 3.90. The van der Waals surface area contributed by atoms with E-state index in [0.717, 1.165) is 34.1 Å². The average molecular weight is 827 g/mol. The highest BCUT2D eigenvalue weighted by Gasteiger charge is 2.24. The van der Waals surface area contributed by atoms with E-state index in [1.807, 2.05) is 35.0 Å². The minimum atomic E-state index is -1.03. The molecule has 0 unspecified atom stereocenters. The molecule has 7 aromatic rings. The molecule has 0 radical (unpaired) electrons. The van der Waals surface area contributed by atoms with E-state index in [4.69, 9.17) is 0 Å². The Morgan fingerprint density at radius 3 is 1.25 bits per heavy atom. The van der Waals surface area contributed by atoms with Gasteiger partial charge in [-0.1, -0.05) is 0 Å². The zero-order chi connectivity index (χ0) is 36.7. The number of aliphatic carboxylic acids is 4. The van der Waals surface area contributed by atoms with Gasteiger partial charge in [0, 0.05) is 53.6 Å². The van der Waals surface area contributed by atoms with Crippen LogP contribution >= 0.6 is 79.4 Å². The maximum atomic E-state index is 15.8. The summed E-state index contributed by atoms with van der Waals surface area (Å²) in [5.41, 5.74) is 2.54. The van der Waals surface area contributed by atoms with E-state index in [1.165, 1.54) is 85.4 Å². The van der Waals surface area contributed by atoms with Crippen molar-refractivity contribution in [2.24, 2.45) is 0 Å². The Bertz CT molecular complexity index is 2480. The van der Waals surface area contributed by atoms with Crippen LogP contribution in [0.4, 0.5) is 4.39 Å². The van der Waals surface area contributed by atoms with Crippen molar-refractivity contribution in [3.8, 4) is 58.5 Å². The van der Waals surface area contributed by atoms with Gasteiger partial charge in [0.25, 0.3) is 0 Å².